The Labute approximate surface area is 75.6 Å². The standard InChI is InChI=1S/C8H12O5/c9-4-6-7-5(2-1-3-11-6)12-8(10)13-7/h5-7,9H,1-4H2. The first-order chi connectivity index (χ1) is 6.31. The van der Waals surface area contributed by atoms with Gasteiger partial charge in [0.2, 0.25) is 0 Å². The van der Waals surface area contributed by atoms with E-state index in [-0.39, 0.29) is 12.7 Å². The second-order valence-electron chi connectivity index (χ2n) is 3.22. The van der Waals surface area contributed by atoms with Crippen LogP contribution in [0, 0.1) is 0 Å². The topological polar surface area (TPSA) is 65.0 Å². The number of carbonyl (C=O) groups excluding carboxylic acids is 1. The lowest BCUT2D eigenvalue weighted by molar-refractivity contribution is -0.0497. The van der Waals surface area contributed by atoms with Crippen molar-refractivity contribution in [1.82, 2.24) is 0 Å². The highest BCUT2D eigenvalue weighted by Gasteiger charge is 2.43. The Morgan fingerprint density at radius 2 is 2.31 bits per heavy atom. The van der Waals surface area contributed by atoms with Gasteiger partial charge < -0.3 is 19.3 Å². The Morgan fingerprint density at radius 1 is 1.46 bits per heavy atom. The van der Waals surface area contributed by atoms with E-state index < -0.39 is 18.4 Å². The van der Waals surface area contributed by atoms with Crippen LogP contribution in [0.1, 0.15) is 12.8 Å². The second kappa shape index (κ2) is 3.51. The number of ether oxygens (including phenoxy) is 3. The van der Waals surface area contributed by atoms with E-state index in [2.05, 4.69) is 0 Å². The highest BCUT2D eigenvalue weighted by atomic mass is 16.8. The Hall–Kier alpha value is -0.810. The molecule has 0 radical (unpaired) electrons. The van der Waals surface area contributed by atoms with Crippen LogP contribution < -0.4 is 0 Å². The zero-order valence-corrected chi connectivity index (χ0v) is 7.14. The molecule has 2 saturated heterocycles. The molecule has 13 heavy (non-hydrogen) atoms. The van der Waals surface area contributed by atoms with Gasteiger partial charge in [0.1, 0.15) is 12.2 Å². The highest BCUT2D eigenvalue weighted by Crippen LogP contribution is 2.26. The molecule has 2 heterocycles. The van der Waals surface area contributed by atoms with E-state index in [1.165, 1.54) is 0 Å². The van der Waals surface area contributed by atoms with Gasteiger partial charge in [0, 0.05) is 6.61 Å². The van der Waals surface area contributed by atoms with E-state index in [1.54, 1.807) is 0 Å². The lowest BCUT2D eigenvalue weighted by atomic mass is 10.1. The largest absolute Gasteiger partial charge is 0.509 e. The van der Waals surface area contributed by atoms with E-state index in [9.17, 15) is 4.79 Å². The highest BCUT2D eigenvalue weighted by molar-refractivity contribution is 5.62. The van der Waals surface area contributed by atoms with Crippen molar-refractivity contribution < 1.29 is 24.1 Å². The van der Waals surface area contributed by atoms with Crippen LogP contribution in [0.25, 0.3) is 0 Å². The smallest absolute Gasteiger partial charge is 0.427 e. The fraction of sp³-hybridized carbons (Fsp3) is 0.875. The van der Waals surface area contributed by atoms with Crippen molar-refractivity contribution >= 4 is 6.16 Å². The molecule has 3 unspecified atom stereocenters. The van der Waals surface area contributed by atoms with E-state index in [4.69, 9.17) is 19.3 Å². The summed E-state index contributed by atoms with van der Waals surface area (Å²) in [4.78, 5) is 10.8. The minimum atomic E-state index is -0.654. The molecule has 0 aromatic rings. The minimum absolute atomic E-state index is 0.141. The van der Waals surface area contributed by atoms with Crippen molar-refractivity contribution in [3.8, 4) is 0 Å². The van der Waals surface area contributed by atoms with E-state index in [0.717, 1.165) is 12.8 Å². The fourth-order valence-corrected chi connectivity index (χ4v) is 1.71. The molecule has 3 atom stereocenters. The molecule has 2 fully saturated rings. The molecule has 2 aliphatic rings. The summed E-state index contributed by atoms with van der Waals surface area (Å²) in [6.45, 7) is 0.441. The van der Waals surface area contributed by atoms with Gasteiger partial charge in [0.25, 0.3) is 0 Å². The van der Waals surface area contributed by atoms with Crippen molar-refractivity contribution in [3.63, 3.8) is 0 Å². The van der Waals surface area contributed by atoms with Crippen LogP contribution >= 0.6 is 0 Å². The quantitative estimate of drug-likeness (QED) is 0.589. The molecule has 0 bridgehead atoms. The normalized spacial score (nSPS) is 38.8. The molecule has 0 amide bonds. The van der Waals surface area contributed by atoms with Gasteiger partial charge in [0.15, 0.2) is 6.10 Å². The maximum absolute atomic E-state index is 10.8. The molecular weight excluding hydrogens is 176 g/mol. The lowest BCUT2D eigenvalue weighted by Crippen LogP contribution is -2.37. The van der Waals surface area contributed by atoms with E-state index in [1.807, 2.05) is 0 Å². The third kappa shape index (κ3) is 1.62. The predicted octanol–water partition coefficient (Wildman–Crippen LogP) is 0.0617. The molecule has 5 heteroatoms. The van der Waals surface area contributed by atoms with Crippen LogP contribution in [0.2, 0.25) is 0 Å². The van der Waals surface area contributed by atoms with Crippen molar-refractivity contribution in [2.45, 2.75) is 31.2 Å². The molecular formula is C8H12O5. The van der Waals surface area contributed by atoms with Gasteiger partial charge in [-0.15, -0.1) is 0 Å². The molecule has 2 aliphatic heterocycles. The van der Waals surface area contributed by atoms with Gasteiger partial charge in [-0.1, -0.05) is 0 Å². The van der Waals surface area contributed by atoms with Crippen LogP contribution in [-0.4, -0.2) is 42.8 Å². The van der Waals surface area contributed by atoms with Crippen LogP contribution in [-0.2, 0) is 14.2 Å². The Kier molecular flexibility index (Phi) is 2.37. The Bertz CT molecular complexity index is 205. The molecule has 0 aliphatic carbocycles. The van der Waals surface area contributed by atoms with Crippen molar-refractivity contribution in [3.05, 3.63) is 0 Å². The van der Waals surface area contributed by atoms with Gasteiger partial charge in [-0.2, -0.15) is 0 Å². The van der Waals surface area contributed by atoms with Gasteiger partial charge in [-0.25, -0.2) is 4.79 Å². The summed E-state index contributed by atoms with van der Waals surface area (Å²) in [6.07, 6.45) is -0.189. The second-order valence-corrected chi connectivity index (χ2v) is 3.22. The molecule has 5 nitrogen and oxygen atoms in total. The number of rotatable bonds is 1. The maximum Gasteiger partial charge on any atom is 0.509 e. The first kappa shape index (κ1) is 8.77. The van der Waals surface area contributed by atoms with Gasteiger partial charge in [0.05, 0.1) is 6.61 Å². The van der Waals surface area contributed by atoms with Crippen LogP contribution in [0.15, 0.2) is 0 Å². The first-order valence-corrected chi connectivity index (χ1v) is 4.41. The summed E-state index contributed by atoms with van der Waals surface area (Å²) < 4.78 is 15.1. The van der Waals surface area contributed by atoms with Crippen LogP contribution in [0.4, 0.5) is 4.79 Å². The third-order valence-corrected chi connectivity index (χ3v) is 2.36. The first-order valence-electron chi connectivity index (χ1n) is 4.41. The summed E-state index contributed by atoms with van der Waals surface area (Å²) in [7, 11) is 0. The molecule has 1 N–H and O–H groups in total. The molecule has 0 aromatic heterocycles. The maximum atomic E-state index is 10.8. The summed E-state index contributed by atoms with van der Waals surface area (Å²) in [5, 5.41) is 8.98. The number of fused-ring (bicyclic) bond motifs is 1. The average molecular weight is 188 g/mol. The van der Waals surface area contributed by atoms with Crippen molar-refractivity contribution in [2.24, 2.45) is 0 Å². The van der Waals surface area contributed by atoms with Gasteiger partial charge in [-0.05, 0) is 12.8 Å². The molecule has 0 aromatic carbocycles. The molecule has 0 spiro atoms. The number of hydrogen-bond donors (Lipinski definition) is 1. The summed E-state index contributed by atoms with van der Waals surface area (Å²) in [5.41, 5.74) is 0. The van der Waals surface area contributed by atoms with Crippen LogP contribution in [0.5, 0.6) is 0 Å². The predicted molar refractivity (Wildman–Crippen MR) is 41.2 cm³/mol. The van der Waals surface area contributed by atoms with Crippen LogP contribution in [0.3, 0.4) is 0 Å². The lowest BCUT2D eigenvalue weighted by Gasteiger charge is -2.19. The summed E-state index contributed by atoms with van der Waals surface area (Å²) >= 11 is 0. The SMILES string of the molecule is O=C1OC2CCCOC(CO)C2O1. The third-order valence-electron chi connectivity index (χ3n) is 2.36. The van der Waals surface area contributed by atoms with E-state index >= 15 is 0 Å². The zero-order valence-electron chi connectivity index (χ0n) is 7.14. The Morgan fingerprint density at radius 3 is 3.08 bits per heavy atom. The van der Waals surface area contributed by atoms with Crippen molar-refractivity contribution in [2.75, 3.05) is 13.2 Å². The Balaban J connectivity index is 2.09. The molecule has 74 valence electrons. The number of carbonyl (C=O) groups is 1. The zero-order chi connectivity index (χ0) is 9.26. The summed E-state index contributed by atoms with van der Waals surface area (Å²) in [5.74, 6) is 0. The van der Waals surface area contributed by atoms with Crippen molar-refractivity contribution in [1.29, 1.82) is 0 Å². The molecule has 0 saturated carbocycles. The van der Waals surface area contributed by atoms with Gasteiger partial charge >= 0.3 is 6.16 Å². The number of hydrogen-bond acceptors (Lipinski definition) is 5. The van der Waals surface area contributed by atoms with Gasteiger partial charge in [-0.3, -0.25) is 0 Å². The van der Waals surface area contributed by atoms with E-state index in [0.29, 0.717) is 6.61 Å². The average Bonchev–Trinajstić information content (AvgIpc) is 2.37. The number of aliphatic hydroxyl groups excluding tert-OH is 1. The fourth-order valence-electron chi connectivity index (χ4n) is 1.71. The molecule has 2 rings (SSSR count). The minimum Gasteiger partial charge on any atom is -0.427 e. The summed E-state index contributed by atoms with van der Waals surface area (Å²) in [6, 6.07) is 0. The monoisotopic (exact) mass is 188 g/mol. The number of aliphatic hydroxyl groups is 1.